The zero-order chi connectivity index (χ0) is 14.6. The summed E-state index contributed by atoms with van der Waals surface area (Å²) in [7, 11) is -3.81. The normalized spacial score (nSPS) is 12.5. The molecule has 0 spiro atoms. The van der Waals surface area contributed by atoms with Crippen molar-refractivity contribution in [3.05, 3.63) is 33.9 Å². The van der Waals surface area contributed by atoms with E-state index in [1.54, 1.807) is 13.0 Å². The second-order valence-electron chi connectivity index (χ2n) is 3.93. The number of nitro benzene ring substituents is 1. The quantitative estimate of drug-likeness (QED) is 0.655. The van der Waals surface area contributed by atoms with Crippen LogP contribution in [0, 0.1) is 28.4 Å². The summed E-state index contributed by atoms with van der Waals surface area (Å²) in [5, 5.41) is 18.2. The first-order valence-corrected chi connectivity index (χ1v) is 7.02. The molecule has 0 amide bonds. The van der Waals surface area contributed by atoms with Gasteiger partial charge in [-0.25, -0.2) is 8.42 Å². The monoisotopic (exact) mass is 283 g/mol. The van der Waals surface area contributed by atoms with Gasteiger partial charge in [0.2, 0.25) is 10.0 Å². The van der Waals surface area contributed by atoms with Gasteiger partial charge in [0.15, 0.2) is 5.25 Å². The Morgan fingerprint density at radius 1 is 1.53 bits per heavy atom. The summed E-state index contributed by atoms with van der Waals surface area (Å²) >= 11 is 0. The molecule has 1 atom stereocenters. The van der Waals surface area contributed by atoms with Gasteiger partial charge in [-0.1, -0.05) is 6.92 Å². The number of rotatable bonds is 5. The average molecular weight is 283 g/mol. The van der Waals surface area contributed by atoms with Crippen molar-refractivity contribution in [3.8, 4) is 6.07 Å². The van der Waals surface area contributed by atoms with E-state index in [-0.39, 0.29) is 17.8 Å². The maximum Gasteiger partial charge on any atom is 0.272 e. The molecule has 1 unspecified atom stereocenters. The van der Waals surface area contributed by atoms with E-state index in [0.29, 0.717) is 5.56 Å². The Labute approximate surface area is 111 Å². The summed E-state index contributed by atoms with van der Waals surface area (Å²) in [5.74, 6) is 0. The molecule has 7 nitrogen and oxygen atoms in total. The highest BCUT2D eigenvalue weighted by Gasteiger charge is 2.23. The fourth-order valence-electron chi connectivity index (χ4n) is 1.54. The molecule has 0 fully saturated rings. The summed E-state index contributed by atoms with van der Waals surface area (Å²) in [6, 6.07) is 5.58. The van der Waals surface area contributed by atoms with Gasteiger partial charge in [-0.2, -0.15) is 5.26 Å². The number of aryl methyl sites for hydroxylation is 1. The third kappa shape index (κ3) is 3.42. The first kappa shape index (κ1) is 14.9. The topological polar surface area (TPSA) is 113 Å². The molecule has 0 heterocycles. The predicted octanol–water partition coefficient (Wildman–Crippen LogP) is 1.95. The number of nitro groups is 1. The van der Waals surface area contributed by atoms with Crippen LogP contribution in [0.4, 0.5) is 11.4 Å². The second-order valence-corrected chi connectivity index (χ2v) is 5.79. The minimum Gasteiger partial charge on any atom is -0.282 e. The van der Waals surface area contributed by atoms with Gasteiger partial charge in [0, 0.05) is 17.3 Å². The van der Waals surface area contributed by atoms with Crippen molar-refractivity contribution < 1.29 is 13.3 Å². The number of hydrogen-bond acceptors (Lipinski definition) is 5. The Hall–Kier alpha value is -2.14. The van der Waals surface area contributed by atoms with E-state index in [0.717, 1.165) is 0 Å². The molecule has 0 saturated carbocycles. The Morgan fingerprint density at radius 2 is 2.16 bits per heavy atom. The molecule has 0 radical (unpaired) electrons. The van der Waals surface area contributed by atoms with Crippen molar-refractivity contribution in [2.45, 2.75) is 25.5 Å². The molecule has 0 aromatic heterocycles. The SMILES string of the molecule is CCC(C#N)S(=O)(=O)Nc1ccc([N+](=O)[O-])c(C)c1. The van der Waals surface area contributed by atoms with Crippen molar-refractivity contribution in [2.75, 3.05) is 4.72 Å². The standard InChI is InChI=1S/C11H13N3O4S/c1-3-10(7-12)19(17,18)13-9-4-5-11(14(15)16)8(2)6-9/h4-6,10,13H,3H2,1-2H3. The smallest absolute Gasteiger partial charge is 0.272 e. The molecule has 1 rings (SSSR count). The average Bonchev–Trinajstić information content (AvgIpc) is 2.28. The Bertz CT molecular complexity index is 634. The summed E-state index contributed by atoms with van der Waals surface area (Å²) in [5.41, 5.74) is 0.460. The van der Waals surface area contributed by atoms with Crippen LogP contribution >= 0.6 is 0 Å². The van der Waals surface area contributed by atoms with Crippen molar-refractivity contribution in [3.63, 3.8) is 0 Å². The molecular formula is C11H13N3O4S. The minimum atomic E-state index is -3.81. The Kier molecular flexibility index (Phi) is 4.45. The molecule has 1 N–H and O–H groups in total. The van der Waals surface area contributed by atoms with Gasteiger partial charge >= 0.3 is 0 Å². The van der Waals surface area contributed by atoms with Crippen LogP contribution < -0.4 is 4.72 Å². The maximum absolute atomic E-state index is 11.8. The van der Waals surface area contributed by atoms with E-state index in [9.17, 15) is 18.5 Å². The first-order chi connectivity index (χ1) is 8.81. The number of benzene rings is 1. The number of nitrogens with one attached hydrogen (secondary N) is 1. The Morgan fingerprint density at radius 3 is 2.58 bits per heavy atom. The molecule has 0 saturated heterocycles. The van der Waals surface area contributed by atoms with Crippen LogP contribution in [-0.4, -0.2) is 18.6 Å². The van der Waals surface area contributed by atoms with Crippen LogP contribution in [0.15, 0.2) is 18.2 Å². The van der Waals surface area contributed by atoms with E-state index in [2.05, 4.69) is 4.72 Å². The van der Waals surface area contributed by atoms with Gasteiger partial charge in [0.25, 0.3) is 5.69 Å². The van der Waals surface area contributed by atoms with Crippen LogP contribution in [0.3, 0.4) is 0 Å². The van der Waals surface area contributed by atoms with Crippen LogP contribution in [0.1, 0.15) is 18.9 Å². The molecule has 102 valence electrons. The molecule has 0 bridgehead atoms. The third-order valence-corrected chi connectivity index (χ3v) is 4.25. The van der Waals surface area contributed by atoms with Gasteiger partial charge in [-0.3, -0.25) is 14.8 Å². The van der Waals surface area contributed by atoms with E-state index in [1.807, 2.05) is 0 Å². The van der Waals surface area contributed by atoms with Gasteiger partial charge in [-0.15, -0.1) is 0 Å². The highest BCUT2D eigenvalue weighted by atomic mass is 32.2. The van der Waals surface area contributed by atoms with Gasteiger partial charge in [-0.05, 0) is 25.5 Å². The van der Waals surface area contributed by atoms with E-state index >= 15 is 0 Å². The molecule has 1 aromatic rings. The lowest BCUT2D eigenvalue weighted by Gasteiger charge is -2.11. The van der Waals surface area contributed by atoms with E-state index in [4.69, 9.17) is 5.26 Å². The number of anilines is 1. The number of nitriles is 1. The molecule has 0 aliphatic carbocycles. The molecule has 0 aliphatic heterocycles. The molecule has 8 heteroatoms. The number of hydrogen-bond donors (Lipinski definition) is 1. The molecule has 1 aromatic carbocycles. The van der Waals surface area contributed by atoms with Crippen molar-refractivity contribution in [1.82, 2.24) is 0 Å². The number of sulfonamides is 1. The van der Waals surface area contributed by atoms with Gasteiger partial charge in [0.05, 0.1) is 11.0 Å². The molecule has 19 heavy (non-hydrogen) atoms. The van der Waals surface area contributed by atoms with Crippen molar-refractivity contribution in [1.29, 1.82) is 5.26 Å². The summed E-state index contributed by atoms with van der Waals surface area (Å²) < 4.78 is 25.9. The van der Waals surface area contributed by atoms with Crippen LogP contribution in [0.25, 0.3) is 0 Å². The Balaban J connectivity index is 3.05. The largest absolute Gasteiger partial charge is 0.282 e. The molecular weight excluding hydrogens is 270 g/mol. The highest BCUT2D eigenvalue weighted by molar-refractivity contribution is 7.93. The highest BCUT2D eigenvalue weighted by Crippen LogP contribution is 2.23. The maximum atomic E-state index is 11.8. The van der Waals surface area contributed by atoms with E-state index in [1.165, 1.54) is 25.1 Å². The lowest BCUT2D eigenvalue weighted by Crippen LogP contribution is -2.25. The third-order valence-electron chi connectivity index (χ3n) is 2.54. The fourth-order valence-corrected chi connectivity index (χ4v) is 2.71. The van der Waals surface area contributed by atoms with Crippen molar-refractivity contribution >= 4 is 21.4 Å². The fraction of sp³-hybridized carbons (Fsp3) is 0.364. The summed E-state index contributed by atoms with van der Waals surface area (Å²) in [6.07, 6.45) is 0.164. The first-order valence-electron chi connectivity index (χ1n) is 5.48. The van der Waals surface area contributed by atoms with Crippen LogP contribution in [0.2, 0.25) is 0 Å². The molecule has 0 aliphatic rings. The van der Waals surface area contributed by atoms with E-state index < -0.39 is 20.2 Å². The zero-order valence-corrected chi connectivity index (χ0v) is 11.3. The lowest BCUT2D eigenvalue weighted by atomic mass is 10.2. The second kappa shape index (κ2) is 5.67. The summed E-state index contributed by atoms with van der Waals surface area (Å²) in [4.78, 5) is 10.1. The number of nitrogens with zero attached hydrogens (tertiary/aromatic N) is 2. The van der Waals surface area contributed by atoms with Crippen LogP contribution in [0.5, 0.6) is 0 Å². The van der Waals surface area contributed by atoms with Crippen molar-refractivity contribution in [2.24, 2.45) is 0 Å². The van der Waals surface area contributed by atoms with Gasteiger partial charge < -0.3 is 0 Å². The lowest BCUT2D eigenvalue weighted by molar-refractivity contribution is -0.385. The minimum absolute atomic E-state index is 0.0877. The summed E-state index contributed by atoms with van der Waals surface area (Å²) in [6.45, 7) is 3.10. The zero-order valence-electron chi connectivity index (χ0n) is 10.5. The predicted molar refractivity (Wildman–Crippen MR) is 70.1 cm³/mol. The van der Waals surface area contributed by atoms with Crippen LogP contribution in [-0.2, 0) is 10.0 Å². The van der Waals surface area contributed by atoms with Gasteiger partial charge in [0.1, 0.15) is 0 Å².